The fourth-order valence-corrected chi connectivity index (χ4v) is 1.21. The predicted molar refractivity (Wildman–Crippen MR) is 59.8 cm³/mol. The van der Waals surface area contributed by atoms with E-state index in [9.17, 15) is 9.90 Å². The molecule has 0 saturated carbocycles. The maximum Gasteiger partial charge on any atom is 0.319 e. The summed E-state index contributed by atoms with van der Waals surface area (Å²) in [5, 5.41) is 14.7. The van der Waals surface area contributed by atoms with E-state index >= 15 is 0 Å². The first-order valence-electron chi connectivity index (χ1n) is 4.96. The van der Waals surface area contributed by atoms with Gasteiger partial charge in [0.2, 0.25) is 0 Å². The lowest BCUT2D eigenvalue weighted by molar-refractivity contribution is 0.199. The van der Waals surface area contributed by atoms with Crippen molar-refractivity contribution in [3.05, 3.63) is 29.8 Å². The summed E-state index contributed by atoms with van der Waals surface area (Å²) < 4.78 is 0. The molecule has 0 aliphatic carbocycles. The SMILES string of the molecule is CCNC(=O)Nc1cccc([C@@H](C)O)c1. The fraction of sp³-hybridized carbons (Fsp3) is 0.364. The molecule has 3 N–H and O–H groups in total. The Labute approximate surface area is 89.3 Å². The molecule has 15 heavy (non-hydrogen) atoms. The van der Waals surface area contributed by atoms with E-state index in [0.717, 1.165) is 5.56 Å². The lowest BCUT2D eigenvalue weighted by Gasteiger charge is -2.09. The number of nitrogens with one attached hydrogen (secondary N) is 2. The minimum Gasteiger partial charge on any atom is -0.389 e. The van der Waals surface area contributed by atoms with Gasteiger partial charge in [0.25, 0.3) is 0 Å². The van der Waals surface area contributed by atoms with Gasteiger partial charge in [-0.25, -0.2) is 4.79 Å². The molecular formula is C11H16N2O2. The van der Waals surface area contributed by atoms with Crippen LogP contribution in [0.1, 0.15) is 25.5 Å². The molecule has 82 valence electrons. The van der Waals surface area contributed by atoms with Crippen LogP contribution in [0.3, 0.4) is 0 Å². The molecule has 0 heterocycles. The number of rotatable bonds is 3. The van der Waals surface area contributed by atoms with Crippen LogP contribution in [0.15, 0.2) is 24.3 Å². The number of anilines is 1. The van der Waals surface area contributed by atoms with Gasteiger partial charge in [0, 0.05) is 12.2 Å². The maximum atomic E-state index is 11.2. The summed E-state index contributed by atoms with van der Waals surface area (Å²) in [5.41, 5.74) is 1.46. The van der Waals surface area contributed by atoms with Crippen LogP contribution < -0.4 is 10.6 Å². The summed E-state index contributed by atoms with van der Waals surface area (Å²) in [6, 6.07) is 6.90. The van der Waals surface area contributed by atoms with Crippen molar-refractivity contribution in [2.24, 2.45) is 0 Å². The van der Waals surface area contributed by atoms with Crippen molar-refractivity contribution in [3.63, 3.8) is 0 Å². The van der Waals surface area contributed by atoms with Crippen molar-refractivity contribution < 1.29 is 9.90 Å². The maximum absolute atomic E-state index is 11.2. The predicted octanol–water partition coefficient (Wildman–Crippen LogP) is 1.88. The highest BCUT2D eigenvalue weighted by atomic mass is 16.3. The highest BCUT2D eigenvalue weighted by Crippen LogP contribution is 2.16. The molecule has 4 heteroatoms. The van der Waals surface area contributed by atoms with Crippen LogP contribution in [0, 0.1) is 0 Å². The molecule has 1 aromatic carbocycles. The number of hydrogen-bond donors (Lipinski definition) is 3. The molecule has 4 nitrogen and oxygen atoms in total. The molecule has 0 saturated heterocycles. The Morgan fingerprint density at radius 1 is 1.53 bits per heavy atom. The molecule has 0 radical (unpaired) electrons. The number of carbonyl (C=O) groups excluding carboxylic acids is 1. The molecule has 0 aromatic heterocycles. The standard InChI is InChI=1S/C11H16N2O2/c1-3-12-11(15)13-10-6-4-5-9(7-10)8(2)14/h4-8,14H,3H2,1-2H3,(H2,12,13,15)/t8-/m1/s1. The summed E-state index contributed by atoms with van der Waals surface area (Å²) in [5.74, 6) is 0. The minimum absolute atomic E-state index is 0.236. The molecule has 0 aliphatic heterocycles. The van der Waals surface area contributed by atoms with Gasteiger partial charge < -0.3 is 15.7 Å². The summed E-state index contributed by atoms with van der Waals surface area (Å²) in [4.78, 5) is 11.2. The summed E-state index contributed by atoms with van der Waals surface area (Å²) in [6.07, 6.45) is -0.527. The Bertz CT molecular complexity index is 337. The van der Waals surface area contributed by atoms with Gasteiger partial charge in [-0.3, -0.25) is 0 Å². The molecule has 0 spiro atoms. The largest absolute Gasteiger partial charge is 0.389 e. The van der Waals surface area contributed by atoms with Crippen LogP contribution in [0.4, 0.5) is 10.5 Å². The van der Waals surface area contributed by atoms with Crippen LogP contribution in [0.5, 0.6) is 0 Å². The zero-order valence-electron chi connectivity index (χ0n) is 8.95. The first kappa shape index (κ1) is 11.5. The van der Waals surface area contributed by atoms with Gasteiger partial charge >= 0.3 is 6.03 Å². The van der Waals surface area contributed by atoms with E-state index in [1.165, 1.54) is 0 Å². The van der Waals surface area contributed by atoms with Crippen molar-refractivity contribution >= 4 is 11.7 Å². The number of aliphatic hydroxyl groups excluding tert-OH is 1. The van der Waals surface area contributed by atoms with Gasteiger partial charge in [0.1, 0.15) is 0 Å². The summed E-state index contributed by atoms with van der Waals surface area (Å²) in [7, 11) is 0. The summed E-state index contributed by atoms with van der Waals surface area (Å²) in [6.45, 7) is 4.12. The van der Waals surface area contributed by atoms with E-state index in [4.69, 9.17) is 0 Å². The van der Waals surface area contributed by atoms with Crippen molar-refractivity contribution in [2.75, 3.05) is 11.9 Å². The van der Waals surface area contributed by atoms with Crippen LogP contribution >= 0.6 is 0 Å². The molecule has 0 bridgehead atoms. The van der Waals surface area contributed by atoms with E-state index in [1.807, 2.05) is 13.0 Å². The van der Waals surface area contributed by atoms with E-state index in [0.29, 0.717) is 12.2 Å². The molecule has 1 aromatic rings. The number of hydrogen-bond acceptors (Lipinski definition) is 2. The summed E-state index contributed by atoms with van der Waals surface area (Å²) >= 11 is 0. The molecular weight excluding hydrogens is 192 g/mol. The number of aliphatic hydroxyl groups is 1. The first-order chi connectivity index (χ1) is 7.13. The molecule has 0 aliphatic rings. The molecule has 2 amide bonds. The van der Waals surface area contributed by atoms with Crippen LogP contribution in [-0.2, 0) is 0 Å². The first-order valence-corrected chi connectivity index (χ1v) is 4.96. The zero-order chi connectivity index (χ0) is 11.3. The van der Waals surface area contributed by atoms with Crippen LogP contribution in [0.2, 0.25) is 0 Å². The number of carbonyl (C=O) groups is 1. The van der Waals surface area contributed by atoms with Gasteiger partial charge in [-0.15, -0.1) is 0 Å². The molecule has 0 fully saturated rings. The highest BCUT2D eigenvalue weighted by molar-refractivity contribution is 5.89. The van der Waals surface area contributed by atoms with E-state index in [-0.39, 0.29) is 6.03 Å². The lowest BCUT2D eigenvalue weighted by atomic mass is 10.1. The minimum atomic E-state index is -0.527. The molecule has 1 rings (SSSR count). The third kappa shape index (κ3) is 3.59. The Morgan fingerprint density at radius 2 is 2.27 bits per heavy atom. The number of benzene rings is 1. The normalized spacial score (nSPS) is 11.9. The fourth-order valence-electron chi connectivity index (χ4n) is 1.21. The Kier molecular flexibility index (Phi) is 4.12. The molecule has 1 atom stereocenters. The van der Waals surface area contributed by atoms with Gasteiger partial charge in [-0.05, 0) is 31.5 Å². The third-order valence-corrected chi connectivity index (χ3v) is 1.96. The van der Waals surface area contributed by atoms with Crippen LogP contribution in [0.25, 0.3) is 0 Å². The van der Waals surface area contributed by atoms with Crippen molar-refractivity contribution in [1.29, 1.82) is 0 Å². The Hall–Kier alpha value is -1.55. The van der Waals surface area contributed by atoms with Crippen molar-refractivity contribution in [1.82, 2.24) is 5.32 Å². The average Bonchev–Trinajstić information content (AvgIpc) is 2.18. The van der Waals surface area contributed by atoms with Gasteiger partial charge in [0.15, 0.2) is 0 Å². The van der Waals surface area contributed by atoms with Gasteiger partial charge in [-0.2, -0.15) is 0 Å². The molecule has 0 unspecified atom stereocenters. The topological polar surface area (TPSA) is 61.4 Å². The highest BCUT2D eigenvalue weighted by Gasteiger charge is 2.03. The average molecular weight is 208 g/mol. The quantitative estimate of drug-likeness (QED) is 0.710. The number of amides is 2. The van der Waals surface area contributed by atoms with Crippen molar-refractivity contribution in [3.8, 4) is 0 Å². The van der Waals surface area contributed by atoms with Gasteiger partial charge in [0.05, 0.1) is 6.10 Å². The lowest BCUT2D eigenvalue weighted by Crippen LogP contribution is -2.28. The second-order valence-corrected chi connectivity index (χ2v) is 3.29. The van der Waals surface area contributed by atoms with E-state index in [1.54, 1.807) is 25.1 Å². The number of urea groups is 1. The second-order valence-electron chi connectivity index (χ2n) is 3.29. The third-order valence-electron chi connectivity index (χ3n) is 1.96. The van der Waals surface area contributed by atoms with Crippen molar-refractivity contribution in [2.45, 2.75) is 20.0 Å². The van der Waals surface area contributed by atoms with E-state index < -0.39 is 6.10 Å². The smallest absolute Gasteiger partial charge is 0.319 e. The monoisotopic (exact) mass is 208 g/mol. The van der Waals surface area contributed by atoms with E-state index in [2.05, 4.69) is 10.6 Å². The second kappa shape index (κ2) is 5.36. The zero-order valence-corrected chi connectivity index (χ0v) is 8.95. The van der Waals surface area contributed by atoms with Gasteiger partial charge in [-0.1, -0.05) is 12.1 Å². The van der Waals surface area contributed by atoms with Crippen LogP contribution in [-0.4, -0.2) is 17.7 Å². The Morgan fingerprint density at radius 3 is 2.87 bits per heavy atom. The Balaban J connectivity index is 2.69.